The highest BCUT2D eigenvalue weighted by Gasteiger charge is 2.21. The molecule has 1 heterocycles. The van der Waals surface area contributed by atoms with Crippen LogP contribution in [0.4, 0.5) is 17.1 Å². The van der Waals surface area contributed by atoms with Gasteiger partial charge in [0.1, 0.15) is 0 Å². The van der Waals surface area contributed by atoms with Crippen molar-refractivity contribution in [1.29, 1.82) is 0 Å². The molecule has 0 aliphatic carbocycles. The molecule has 58 heavy (non-hydrogen) atoms. The molecule has 1 nitrogen and oxygen atoms in total. The van der Waals surface area contributed by atoms with Gasteiger partial charge in [0, 0.05) is 36.6 Å². The summed E-state index contributed by atoms with van der Waals surface area (Å²) in [4.78, 5) is 2.44. The molecule has 0 saturated heterocycles. The summed E-state index contributed by atoms with van der Waals surface area (Å²) in [5, 5.41) is 15.1. The molecule has 0 N–H and O–H groups in total. The lowest BCUT2D eigenvalue weighted by Gasteiger charge is -2.28. The van der Waals surface area contributed by atoms with Crippen LogP contribution in [0, 0.1) is 0 Å². The zero-order valence-corrected chi connectivity index (χ0v) is 32.4. The topological polar surface area (TPSA) is 3.24 Å². The highest BCUT2D eigenvalue weighted by atomic mass is 32.1. The summed E-state index contributed by atoms with van der Waals surface area (Å²) in [5.74, 6) is 0. The molecule has 0 aliphatic rings. The quantitative estimate of drug-likeness (QED) is 0.158. The average Bonchev–Trinajstić information content (AvgIpc) is 3.66. The second-order valence-corrected chi connectivity index (χ2v) is 16.3. The number of fused-ring (bicyclic) bond motifs is 8. The maximum absolute atomic E-state index is 2.44. The molecule has 0 amide bonds. The highest BCUT2D eigenvalue weighted by Crippen LogP contribution is 2.48. The van der Waals surface area contributed by atoms with E-state index in [2.05, 4.69) is 217 Å². The molecule has 0 saturated carbocycles. The number of hydrogen-bond donors (Lipinski definition) is 0. The van der Waals surface area contributed by atoms with Crippen molar-refractivity contribution < 1.29 is 0 Å². The van der Waals surface area contributed by atoms with Crippen molar-refractivity contribution in [3.63, 3.8) is 0 Å². The summed E-state index contributed by atoms with van der Waals surface area (Å²) in [6.07, 6.45) is 0. The molecule has 12 rings (SSSR count). The molecule has 12 aromatic rings. The van der Waals surface area contributed by atoms with Gasteiger partial charge < -0.3 is 4.90 Å². The fourth-order valence-corrected chi connectivity index (χ4v) is 10.5. The van der Waals surface area contributed by atoms with Gasteiger partial charge in [-0.2, -0.15) is 0 Å². The van der Waals surface area contributed by atoms with Gasteiger partial charge in [0.25, 0.3) is 0 Å². The van der Waals surface area contributed by atoms with Gasteiger partial charge >= 0.3 is 0 Å². The van der Waals surface area contributed by atoms with Crippen LogP contribution in [0.2, 0.25) is 0 Å². The second-order valence-electron chi connectivity index (χ2n) is 15.2. The van der Waals surface area contributed by atoms with Gasteiger partial charge in [-0.1, -0.05) is 164 Å². The first-order valence-electron chi connectivity index (χ1n) is 19.9. The van der Waals surface area contributed by atoms with E-state index in [0.717, 1.165) is 17.1 Å². The normalized spacial score (nSPS) is 11.8. The van der Waals surface area contributed by atoms with Crippen molar-refractivity contribution in [2.45, 2.75) is 0 Å². The molecule has 270 valence electrons. The lowest BCUT2D eigenvalue weighted by Crippen LogP contribution is -2.11. The highest BCUT2D eigenvalue weighted by molar-refractivity contribution is 7.25. The Kier molecular flexibility index (Phi) is 7.47. The van der Waals surface area contributed by atoms with E-state index in [1.807, 2.05) is 11.3 Å². The lowest BCUT2D eigenvalue weighted by atomic mass is 9.84. The molecule has 0 radical (unpaired) electrons. The van der Waals surface area contributed by atoms with Crippen molar-refractivity contribution >= 4 is 102 Å². The summed E-state index contributed by atoms with van der Waals surface area (Å²) in [7, 11) is 0. The van der Waals surface area contributed by atoms with Crippen LogP contribution in [-0.4, -0.2) is 0 Å². The van der Waals surface area contributed by atoms with Gasteiger partial charge in [-0.05, 0) is 114 Å². The van der Waals surface area contributed by atoms with Crippen LogP contribution in [0.3, 0.4) is 0 Å². The minimum Gasteiger partial charge on any atom is -0.309 e. The van der Waals surface area contributed by atoms with Crippen molar-refractivity contribution in [3.05, 3.63) is 212 Å². The maximum Gasteiger partial charge on any atom is 0.0540 e. The van der Waals surface area contributed by atoms with Crippen molar-refractivity contribution in [2.75, 3.05) is 4.90 Å². The van der Waals surface area contributed by atoms with E-state index in [-0.39, 0.29) is 0 Å². The molecule has 2 heteroatoms. The van der Waals surface area contributed by atoms with E-state index in [1.54, 1.807) is 0 Å². The molecule has 11 aromatic carbocycles. The van der Waals surface area contributed by atoms with Crippen molar-refractivity contribution in [1.82, 2.24) is 0 Å². The Bertz CT molecular complexity index is 3490. The summed E-state index contributed by atoms with van der Waals surface area (Å²) in [6.45, 7) is 0. The lowest BCUT2D eigenvalue weighted by molar-refractivity contribution is 1.31. The average molecular weight is 754 g/mol. The molecular weight excluding hydrogens is 719 g/mol. The van der Waals surface area contributed by atoms with Crippen LogP contribution in [0.1, 0.15) is 0 Å². The Labute approximate surface area is 340 Å². The van der Waals surface area contributed by atoms with Crippen LogP contribution < -0.4 is 4.90 Å². The Morgan fingerprint density at radius 2 is 0.724 bits per heavy atom. The third-order valence-corrected chi connectivity index (χ3v) is 13.1. The van der Waals surface area contributed by atoms with Crippen LogP contribution in [0.15, 0.2) is 212 Å². The van der Waals surface area contributed by atoms with Gasteiger partial charge in [-0.3, -0.25) is 0 Å². The van der Waals surface area contributed by atoms with E-state index in [0.29, 0.717) is 0 Å². The van der Waals surface area contributed by atoms with Crippen LogP contribution in [0.5, 0.6) is 0 Å². The Hall–Kier alpha value is -7.26. The monoisotopic (exact) mass is 753 g/mol. The number of benzene rings is 11. The Balaban J connectivity index is 1.10. The van der Waals surface area contributed by atoms with Gasteiger partial charge in [0.15, 0.2) is 0 Å². The molecule has 0 unspecified atom stereocenters. The van der Waals surface area contributed by atoms with Crippen LogP contribution in [0.25, 0.3) is 96.3 Å². The zero-order valence-electron chi connectivity index (χ0n) is 31.6. The standard InChI is InChI=1S/C56H35NS/c1-2-16-40-34-50-49(33-39(40)15-1)55(47-22-7-8-23-48(47)56(50)41-29-32-46-45-21-9-10-26-53(45)58-54(46)35-41)38-27-30-42(31-28-38)57(51-24-11-17-36-13-3-5-19-43(36)51)52-25-12-18-37-14-4-6-20-44(37)52/h1-35H. The predicted molar refractivity (Wildman–Crippen MR) is 252 cm³/mol. The minimum absolute atomic E-state index is 1.11. The van der Waals surface area contributed by atoms with Gasteiger partial charge in [0.05, 0.1) is 11.4 Å². The van der Waals surface area contributed by atoms with E-state index < -0.39 is 0 Å². The molecule has 0 bridgehead atoms. The number of nitrogens with zero attached hydrogens (tertiary/aromatic N) is 1. The van der Waals surface area contributed by atoms with Gasteiger partial charge in [-0.15, -0.1) is 11.3 Å². The molecule has 0 atom stereocenters. The molecular formula is C56H35NS. The second kappa shape index (κ2) is 13.2. The largest absolute Gasteiger partial charge is 0.309 e. The van der Waals surface area contributed by atoms with Gasteiger partial charge in [0.2, 0.25) is 0 Å². The molecule has 0 spiro atoms. The van der Waals surface area contributed by atoms with E-state index in [1.165, 1.54) is 96.3 Å². The van der Waals surface area contributed by atoms with Crippen LogP contribution >= 0.6 is 11.3 Å². The maximum atomic E-state index is 2.44. The first-order chi connectivity index (χ1) is 28.8. The zero-order chi connectivity index (χ0) is 38.2. The molecule has 1 aromatic heterocycles. The third-order valence-electron chi connectivity index (χ3n) is 12.0. The SMILES string of the molecule is c1ccc2cc3c(-c4ccc5c(c4)sc4ccccc45)c4ccccc4c(-c4ccc(N(c5cccc6ccccc56)c5cccc6ccccc56)cc4)c3cc2c1. The Morgan fingerprint density at radius 1 is 0.276 bits per heavy atom. The number of rotatable bonds is 5. The minimum atomic E-state index is 1.11. The number of thiophene rings is 1. The first kappa shape index (κ1) is 32.9. The van der Waals surface area contributed by atoms with E-state index in [9.17, 15) is 0 Å². The molecule has 0 aliphatic heterocycles. The molecule has 0 fully saturated rings. The summed E-state index contributed by atoms with van der Waals surface area (Å²) in [6, 6.07) is 78.4. The summed E-state index contributed by atoms with van der Waals surface area (Å²) >= 11 is 1.88. The fraction of sp³-hybridized carbons (Fsp3) is 0. The van der Waals surface area contributed by atoms with Crippen molar-refractivity contribution in [2.24, 2.45) is 0 Å². The van der Waals surface area contributed by atoms with Crippen LogP contribution in [-0.2, 0) is 0 Å². The summed E-state index contributed by atoms with van der Waals surface area (Å²) < 4.78 is 2.65. The third kappa shape index (κ3) is 5.16. The fourth-order valence-electron chi connectivity index (χ4n) is 9.36. The predicted octanol–water partition coefficient (Wildman–Crippen LogP) is 16.6. The number of hydrogen-bond acceptors (Lipinski definition) is 2. The van der Waals surface area contributed by atoms with Gasteiger partial charge in [-0.25, -0.2) is 0 Å². The van der Waals surface area contributed by atoms with E-state index in [4.69, 9.17) is 0 Å². The first-order valence-corrected chi connectivity index (χ1v) is 20.7. The Morgan fingerprint density at radius 3 is 1.33 bits per heavy atom. The van der Waals surface area contributed by atoms with Crippen molar-refractivity contribution in [3.8, 4) is 22.3 Å². The number of anilines is 3. The van der Waals surface area contributed by atoms with E-state index >= 15 is 0 Å². The summed E-state index contributed by atoms with van der Waals surface area (Å²) in [5.41, 5.74) is 8.42. The smallest absolute Gasteiger partial charge is 0.0540 e.